The van der Waals surface area contributed by atoms with Crippen LogP contribution >= 0.6 is 0 Å². The van der Waals surface area contributed by atoms with Crippen LogP contribution in [-0.2, 0) is 5.41 Å². The number of fused-ring (bicyclic) bond motifs is 7. The second kappa shape index (κ2) is 13.0. The van der Waals surface area contributed by atoms with Crippen molar-refractivity contribution in [1.82, 2.24) is 0 Å². The first-order valence-corrected chi connectivity index (χ1v) is 19.8. The Morgan fingerprint density at radius 2 is 1.00 bits per heavy atom. The van der Waals surface area contributed by atoms with Crippen molar-refractivity contribution in [2.45, 2.75) is 19.3 Å². The summed E-state index contributed by atoms with van der Waals surface area (Å²) >= 11 is 0. The van der Waals surface area contributed by atoms with Crippen LogP contribution < -0.4 is 4.90 Å². The molecule has 11 rings (SSSR count). The van der Waals surface area contributed by atoms with Gasteiger partial charge in [0.1, 0.15) is 5.58 Å². The number of anilines is 3. The lowest BCUT2D eigenvalue weighted by atomic mass is 9.81. The number of hydrogen-bond acceptors (Lipinski definition) is 2. The Hall–Kier alpha value is -7.16. The van der Waals surface area contributed by atoms with E-state index in [0.717, 1.165) is 44.6 Å². The quantitative estimate of drug-likeness (QED) is 0.169. The lowest BCUT2D eigenvalue weighted by Gasteiger charge is -2.26. The van der Waals surface area contributed by atoms with Gasteiger partial charge in [0.05, 0.1) is 5.69 Å². The highest BCUT2D eigenvalue weighted by Gasteiger charge is 2.35. The van der Waals surface area contributed by atoms with Crippen molar-refractivity contribution in [2.75, 3.05) is 4.90 Å². The summed E-state index contributed by atoms with van der Waals surface area (Å²) in [4.78, 5) is 2.34. The Morgan fingerprint density at radius 3 is 1.89 bits per heavy atom. The maximum Gasteiger partial charge on any atom is 0.159 e. The molecule has 10 aromatic rings. The summed E-state index contributed by atoms with van der Waals surface area (Å²) in [7, 11) is 0. The van der Waals surface area contributed by atoms with E-state index < -0.39 is 0 Å². The molecule has 0 N–H and O–H groups in total. The molecule has 0 amide bonds. The molecule has 1 aliphatic carbocycles. The van der Waals surface area contributed by atoms with Crippen LogP contribution in [0.3, 0.4) is 0 Å². The molecule has 270 valence electrons. The molecule has 2 nitrogen and oxygen atoms in total. The molecule has 0 radical (unpaired) electrons. The van der Waals surface area contributed by atoms with Crippen molar-refractivity contribution in [3.05, 3.63) is 211 Å². The van der Waals surface area contributed by atoms with E-state index in [1.54, 1.807) is 0 Å². The van der Waals surface area contributed by atoms with Gasteiger partial charge in [-0.2, -0.15) is 0 Å². The molecule has 57 heavy (non-hydrogen) atoms. The molecule has 0 saturated carbocycles. The van der Waals surface area contributed by atoms with E-state index in [4.69, 9.17) is 4.42 Å². The first-order chi connectivity index (χ1) is 28.0. The van der Waals surface area contributed by atoms with Crippen molar-refractivity contribution >= 4 is 49.8 Å². The third-order valence-electron chi connectivity index (χ3n) is 12.1. The summed E-state index contributed by atoms with van der Waals surface area (Å²) in [5.41, 5.74) is 17.4. The largest absolute Gasteiger partial charge is 0.454 e. The second-order valence-corrected chi connectivity index (χ2v) is 15.7. The molecular weight excluding hydrogens is 691 g/mol. The van der Waals surface area contributed by atoms with E-state index in [-0.39, 0.29) is 5.41 Å². The van der Waals surface area contributed by atoms with Gasteiger partial charge >= 0.3 is 0 Å². The van der Waals surface area contributed by atoms with Gasteiger partial charge in [-0.15, -0.1) is 0 Å². The number of hydrogen-bond donors (Lipinski definition) is 0. The fraction of sp³-hybridized carbons (Fsp3) is 0.0545. The lowest BCUT2D eigenvalue weighted by molar-refractivity contribution is 0.660. The molecule has 0 aliphatic heterocycles. The molecule has 0 spiro atoms. The van der Waals surface area contributed by atoms with Gasteiger partial charge in [-0.05, 0) is 115 Å². The normalized spacial score (nSPS) is 12.9. The van der Waals surface area contributed by atoms with Gasteiger partial charge in [0.2, 0.25) is 0 Å². The fourth-order valence-electron chi connectivity index (χ4n) is 9.19. The van der Waals surface area contributed by atoms with E-state index >= 15 is 0 Å². The molecule has 0 bridgehead atoms. The topological polar surface area (TPSA) is 16.4 Å². The van der Waals surface area contributed by atoms with Crippen LogP contribution in [-0.4, -0.2) is 0 Å². The highest BCUT2D eigenvalue weighted by Crippen LogP contribution is 2.50. The minimum atomic E-state index is -0.0522. The number of benzene rings is 9. The van der Waals surface area contributed by atoms with E-state index in [1.165, 1.54) is 60.8 Å². The Labute approximate surface area is 332 Å². The Morgan fingerprint density at radius 1 is 0.386 bits per heavy atom. The molecule has 0 atom stereocenters. The molecule has 9 aromatic carbocycles. The van der Waals surface area contributed by atoms with Crippen LogP contribution in [0.15, 0.2) is 205 Å². The minimum Gasteiger partial charge on any atom is -0.454 e. The summed E-state index contributed by atoms with van der Waals surface area (Å²) in [6, 6.07) is 72.6. The summed E-state index contributed by atoms with van der Waals surface area (Å²) in [6.07, 6.45) is 0. The SMILES string of the molecule is CC1(C)c2ccccc2-c2ccc(-c3ccc(N(c4cccc(-c5cccc(-c6cccc7ccccc67)c5)c4)c4cccc5c4oc4ccccc45)cc3)cc21. The Bertz CT molecular complexity index is 3160. The molecule has 2 heteroatoms. The standard InChI is InChI=1S/C55H39NO/c1-55(2)50-24-7-5-20-46(50)47-32-29-40(35-51(47)55)36-27-30-42(31-28-36)56(52-25-12-23-49-48-21-6-8-26-53(48)57-54(49)52)43-18-10-16-39(34-43)38-15-9-17-41(33-38)45-22-11-14-37-13-3-4-19-44(37)45/h3-35H,1-2H3. The van der Waals surface area contributed by atoms with Gasteiger partial charge in [0.15, 0.2) is 5.58 Å². The molecule has 1 aliphatic rings. The van der Waals surface area contributed by atoms with E-state index in [9.17, 15) is 0 Å². The highest BCUT2D eigenvalue weighted by atomic mass is 16.3. The van der Waals surface area contributed by atoms with E-state index in [0.29, 0.717) is 0 Å². The lowest BCUT2D eigenvalue weighted by Crippen LogP contribution is -2.14. The monoisotopic (exact) mass is 729 g/mol. The zero-order chi connectivity index (χ0) is 38.1. The van der Waals surface area contributed by atoms with Crippen molar-refractivity contribution in [1.29, 1.82) is 0 Å². The molecule has 1 heterocycles. The van der Waals surface area contributed by atoms with E-state index in [1.807, 2.05) is 6.07 Å². The first kappa shape index (κ1) is 33.2. The Kier molecular flexibility index (Phi) is 7.55. The van der Waals surface area contributed by atoms with Crippen LogP contribution in [0.4, 0.5) is 17.1 Å². The summed E-state index contributed by atoms with van der Waals surface area (Å²) < 4.78 is 6.66. The number of furan rings is 1. The third kappa shape index (κ3) is 5.40. The van der Waals surface area contributed by atoms with Crippen molar-refractivity contribution < 1.29 is 4.42 Å². The van der Waals surface area contributed by atoms with Gasteiger partial charge in [0.25, 0.3) is 0 Å². The van der Waals surface area contributed by atoms with E-state index in [2.05, 4.69) is 213 Å². The van der Waals surface area contributed by atoms with Gasteiger partial charge in [-0.1, -0.05) is 166 Å². The average molecular weight is 730 g/mol. The smallest absolute Gasteiger partial charge is 0.159 e. The van der Waals surface area contributed by atoms with Crippen molar-refractivity contribution in [3.63, 3.8) is 0 Å². The zero-order valence-electron chi connectivity index (χ0n) is 31.9. The fourth-order valence-corrected chi connectivity index (χ4v) is 9.19. The van der Waals surface area contributed by atoms with Gasteiger partial charge in [0, 0.05) is 27.6 Å². The van der Waals surface area contributed by atoms with Gasteiger partial charge in [-0.25, -0.2) is 0 Å². The van der Waals surface area contributed by atoms with Crippen LogP contribution in [0, 0.1) is 0 Å². The van der Waals surface area contributed by atoms with Gasteiger partial charge < -0.3 is 9.32 Å². The van der Waals surface area contributed by atoms with Crippen LogP contribution in [0.25, 0.3) is 77.2 Å². The van der Waals surface area contributed by atoms with Crippen LogP contribution in [0.1, 0.15) is 25.0 Å². The minimum absolute atomic E-state index is 0.0522. The molecule has 0 fully saturated rings. The van der Waals surface area contributed by atoms with Crippen LogP contribution in [0.5, 0.6) is 0 Å². The number of rotatable bonds is 6. The van der Waals surface area contributed by atoms with Crippen molar-refractivity contribution in [2.24, 2.45) is 0 Å². The summed E-state index contributed by atoms with van der Waals surface area (Å²) in [6.45, 7) is 4.68. The molecular formula is C55H39NO. The van der Waals surface area contributed by atoms with Gasteiger partial charge in [-0.3, -0.25) is 0 Å². The second-order valence-electron chi connectivity index (χ2n) is 15.7. The first-order valence-electron chi connectivity index (χ1n) is 19.8. The third-order valence-corrected chi connectivity index (χ3v) is 12.1. The average Bonchev–Trinajstić information content (AvgIpc) is 3.76. The molecule has 1 aromatic heterocycles. The predicted molar refractivity (Wildman–Crippen MR) is 240 cm³/mol. The van der Waals surface area contributed by atoms with Crippen LogP contribution in [0.2, 0.25) is 0 Å². The van der Waals surface area contributed by atoms with Crippen molar-refractivity contribution in [3.8, 4) is 44.5 Å². The molecule has 0 unspecified atom stereocenters. The maximum absolute atomic E-state index is 6.66. The molecule has 0 saturated heterocycles. The zero-order valence-corrected chi connectivity index (χ0v) is 31.9. The summed E-state index contributed by atoms with van der Waals surface area (Å²) in [5, 5.41) is 4.72. The Balaban J connectivity index is 1.03. The number of nitrogens with zero attached hydrogens (tertiary/aromatic N) is 1. The predicted octanol–water partition coefficient (Wildman–Crippen LogP) is 15.5. The number of para-hydroxylation sites is 2. The summed E-state index contributed by atoms with van der Waals surface area (Å²) in [5.74, 6) is 0. The maximum atomic E-state index is 6.66. The highest BCUT2D eigenvalue weighted by molar-refractivity contribution is 6.10.